The van der Waals surface area contributed by atoms with Crippen LogP contribution in [0.15, 0.2) is 47.5 Å². The molecular weight excluding hydrogens is 388 g/mol. The molecular formula is C17H10F4N2O3S. The van der Waals surface area contributed by atoms with Gasteiger partial charge in [-0.15, -0.1) is 0 Å². The van der Waals surface area contributed by atoms with Gasteiger partial charge in [-0.1, -0.05) is 17.4 Å². The number of amides is 1. The lowest BCUT2D eigenvalue weighted by molar-refractivity contribution is -0.138. The summed E-state index contributed by atoms with van der Waals surface area (Å²) in [6.45, 7) is -0.541. The highest BCUT2D eigenvalue weighted by molar-refractivity contribution is 7.16. The van der Waals surface area contributed by atoms with Crippen LogP contribution in [0.25, 0.3) is 10.2 Å². The zero-order valence-electron chi connectivity index (χ0n) is 13.3. The minimum Gasteiger partial charge on any atom is -0.480 e. The van der Waals surface area contributed by atoms with Gasteiger partial charge in [0.05, 0.1) is 15.8 Å². The van der Waals surface area contributed by atoms with Crippen molar-refractivity contribution in [2.75, 3.05) is 0 Å². The SMILES string of the molecule is O=C(O)Cn1c(=NC(=O)c2cccc(C(F)(F)F)c2)sc2cc(F)ccc21. The van der Waals surface area contributed by atoms with E-state index in [-0.39, 0.29) is 10.4 Å². The summed E-state index contributed by atoms with van der Waals surface area (Å²) in [4.78, 5) is 27.1. The first kappa shape index (κ1) is 18.8. The second-order valence-electron chi connectivity index (χ2n) is 5.47. The fraction of sp³-hybridized carbons (Fsp3) is 0.118. The van der Waals surface area contributed by atoms with Gasteiger partial charge in [-0.05, 0) is 36.4 Å². The first-order valence-corrected chi connectivity index (χ1v) is 8.24. The Kier molecular flexibility index (Phi) is 4.83. The van der Waals surface area contributed by atoms with E-state index < -0.39 is 36.0 Å². The number of benzene rings is 2. The molecule has 3 aromatic rings. The van der Waals surface area contributed by atoms with E-state index in [2.05, 4.69) is 4.99 Å². The Hall–Kier alpha value is -3.01. The molecule has 0 aliphatic rings. The molecule has 1 amide bonds. The molecule has 1 aromatic heterocycles. The van der Waals surface area contributed by atoms with E-state index in [9.17, 15) is 27.2 Å². The van der Waals surface area contributed by atoms with Gasteiger partial charge in [-0.3, -0.25) is 9.59 Å². The molecule has 27 heavy (non-hydrogen) atoms. The van der Waals surface area contributed by atoms with Crippen molar-refractivity contribution in [1.29, 1.82) is 0 Å². The number of hydrogen-bond acceptors (Lipinski definition) is 3. The lowest BCUT2D eigenvalue weighted by Crippen LogP contribution is -2.21. The van der Waals surface area contributed by atoms with E-state index in [0.29, 0.717) is 16.3 Å². The number of alkyl halides is 3. The van der Waals surface area contributed by atoms with Gasteiger partial charge in [0.15, 0.2) is 4.80 Å². The minimum atomic E-state index is -4.62. The topological polar surface area (TPSA) is 71.7 Å². The smallest absolute Gasteiger partial charge is 0.416 e. The number of fused-ring (bicyclic) bond motifs is 1. The molecule has 1 N–H and O–H groups in total. The van der Waals surface area contributed by atoms with Crippen molar-refractivity contribution < 1.29 is 32.3 Å². The van der Waals surface area contributed by atoms with Gasteiger partial charge in [0.25, 0.3) is 5.91 Å². The number of thiazole rings is 1. The highest BCUT2D eigenvalue weighted by Gasteiger charge is 2.30. The summed E-state index contributed by atoms with van der Waals surface area (Å²) in [6, 6.07) is 7.38. The highest BCUT2D eigenvalue weighted by atomic mass is 32.1. The Morgan fingerprint density at radius 1 is 1.15 bits per heavy atom. The van der Waals surface area contributed by atoms with Crippen molar-refractivity contribution in [2.45, 2.75) is 12.7 Å². The fourth-order valence-electron chi connectivity index (χ4n) is 2.40. The summed E-state index contributed by atoms with van der Waals surface area (Å²) in [5.74, 6) is -2.73. The van der Waals surface area contributed by atoms with Crippen LogP contribution in [-0.2, 0) is 17.5 Å². The Morgan fingerprint density at radius 3 is 2.56 bits per heavy atom. The maximum atomic E-state index is 13.4. The van der Waals surface area contributed by atoms with Gasteiger partial charge in [0, 0.05) is 5.56 Å². The van der Waals surface area contributed by atoms with Crippen molar-refractivity contribution >= 4 is 33.4 Å². The summed E-state index contributed by atoms with van der Waals surface area (Å²) in [7, 11) is 0. The molecule has 0 atom stereocenters. The normalized spacial score (nSPS) is 12.5. The molecule has 0 fully saturated rings. The van der Waals surface area contributed by atoms with Crippen LogP contribution in [0.3, 0.4) is 0 Å². The van der Waals surface area contributed by atoms with Crippen molar-refractivity contribution in [1.82, 2.24) is 4.57 Å². The lowest BCUT2D eigenvalue weighted by Gasteiger charge is -2.06. The van der Waals surface area contributed by atoms with Crippen molar-refractivity contribution in [3.63, 3.8) is 0 Å². The van der Waals surface area contributed by atoms with Crippen LogP contribution >= 0.6 is 11.3 Å². The van der Waals surface area contributed by atoms with E-state index in [1.165, 1.54) is 16.7 Å². The Bertz CT molecular complexity index is 1120. The fourth-order valence-corrected chi connectivity index (χ4v) is 3.45. The predicted molar refractivity (Wildman–Crippen MR) is 88.7 cm³/mol. The number of hydrogen-bond donors (Lipinski definition) is 1. The molecule has 0 unspecified atom stereocenters. The molecule has 0 radical (unpaired) electrons. The maximum absolute atomic E-state index is 13.4. The number of carboxylic acids is 1. The molecule has 0 aliphatic carbocycles. The van der Waals surface area contributed by atoms with E-state index in [1.807, 2.05) is 0 Å². The number of nitrogens with zero attached hydrogens (tertiary/aromatic N) is 2. The summed E-state index contributed by atoms with van der Waals surface area (Å²) in [5.41, 5.74) is -0.949. The summed E-state index contributed by atoms with van der Waals surface area (Å²) in [5, 5.41) is 9.06. The van der Waals surface area contributed by atoms with Crippen LogP contribution in [0.2, 0.25) is 0 Å². The quantitative estimate of drug-likeness (QED) is 0.684. The molecule has 5 nitrogen and oxygen atoms in total. The molecule has 3 rings (SSSR count). The molecule has 0 saturated carbocycles. The van der Waals surface area contributed by atoms with Crippen LogP contribution in [0, 0.1) is 5.82 Å². The number of halogens is 4. The zero-order valence-corrected chi connectivity index (χ0v) is 14.1. The molecule has 1 heterocycles. The third kappa shape index (κ3) is 4.05. The van der Waals surface area contributed by atoms with Gasteiger partial charge in [-0.25, -0.2) is 4.39 Å². The lowest BCUT2D eigenvalue weighted by atomic mass is 10.1. The molecule has 10 heteroatoms. The standard InChI is InChI=1S/C17H10F4N2O3S/c18-11-4-5-12-13(7-11)27-16(23(12)8-14(24)25)22-15(26)9-2-1-3-10(6-9)17(19,20)21/h1-7H,8H2,(H,24,25). The van der Waals surface area contributed by atoms with Gasteiger partial charge >= 0.3 is 12.1 Å². The second kappa shape index (κ2) is 6.95. The van der Waals surface area contributed by atoms with E-state index in [4.69, 9.17) is 5.11 Å². The van der Waals surface area contributed by atoms with Crippen LogP contribution in [0.4, 0.5) is 17.6 Å². The third-order valence-electron chi connectivity index (χ3n) is 3.57. The third-order valence-corrected chi connectivity index (χ3v) is 4.61. The molecule has 0 saturated heterocycles. The number of aromatic nitrogens is 1. The number of carbonyl (C=O) groups is 2. The van der Waals surface area contributed by atoms with E-state index in [1.54, 1.807) is 0 Å². The highest BCUT2D eigenvalue weighted by Crippen LogP contribution is 2.29. The molecule has 140 valence electrons. The summed E-state index contributed by atoms with van der Waals surface area (Å²) in [6.07, 6.45) is -4.62. The van der Waals surface area contributed by atoms with Crippen LogP contribution < -0.4 is 4.80 Å². The minimum absolute atomic E-state index is 0.0552. The van der Waals surface area contributed by atoms with Crippen LogP contribution in [-0.4, -0.2) is 21.6 Å². The number of carboxylic acid groups (broad SMARTS) is 1. The van der Waals surface area contributed by atoms with Crippen LogP contribution in [0.5, 0.6) is 0 Å². The molecule has 0 spiro atoms. The Labute approximate surface area is 152 Å². The summed E-state index contributed by atoms with van der Waals surface area (Å²) < 4.78 is 53.3. The first-order chi connectivity index (χ1) is 12.6. The van der Waals surface area contributed by atoms with Gasteiger partial charge < -0.3 is 9.67 Å². The zero-order chi connectivity index (χ0) is 19.8. The van der Waals surface area contributed by atoms with Gasteiger partial charge in [0.1, 0.15) is 12.4 Å². The number of carbonyl (C=O) groups excluding carboxylic acids is 1. The van der Waals surface area contributed by atoms with Crippen molar-refractivity contribution in [3.05, 3.63) is 64.2 Å². The second-order valence-corrected chi connectivity index (χ2v) is 6.48. The number of aliphatic carboxylic acids is 1. The number of rotatable bonds is 3. The monoisotopic (exact) mass is 398 g/mol. The first-order valence-electron chi connectivity index (χ1n) is 7.42. The molecule has 0 aliphatic heterocycles. The van der Waals surface area contributed by atoms with Crippen molar-refractivity contribution in [2.24, 2.45) is 4.99 Å². The average Bonchev–Trinajstić information content (AvgIpc) is 2.90. The van der Waals surface area contributed by atoms with Gasteiger partial charge in [-0.2, -0.15) is 18.2 Å². The Balaban J connectivity index is 2.12. The van der Waals surface area contributed by atoms with E-state index in [0.717, 1.165) is 35.6 Å². The Morgan fingerprint density at radius 2 is 1.89 bits per heavy atom. The van der Waals surface area contributed by atoms with Gasteiger partial charge in [0.2, 0.25) is 0 Å². The van der Waals surface area contributed by atoms with Crippen LogP contribution in [0.1, 0.15) is 15.9 Å². The maximum Gasteiger partial charge on any atom is 0.416 e. The average molecular weight is 398 g/mol. The predicted octanol–water partition coefficient (Wildman–Crippen LogP) is 3.69. The van der Waals surface area contributed by atoms with E-state index >= 15 is 0 Å². The van der Waals surface area contributed by atoms with Crippen molar-refractivity contribution in [3.8, 4) is 0 Å². The summed E-state index contributed by atoms with van der Waals surface area (Å²) >= 11 is 0.863. The molecule has 0 bridgehead atoms. The molecule has 2 aromatic carbocycles. The largest absolute Gasteiger partial charge is 0.480 e.